The van der Waals surface area contributed by atoms with Crippen LogP contribution in [0.1, 0.15) is 24.2 Å². The van der Waals surface area contributed by atoms with Crippen molar-refractivity contribution in [3.63, 3.8) is 0 Å². The van der Waals surface area contributed by atoms with Gasteiger partial charge >= 0.3 is 0 Å². The van der Waals surface area contributed by atoms with Crippen LogP contribution in [0.4, 0.5) is 0 Å². The maximum Gasteiger partial charge on any atom is 0.255 e. The van der Waals surface area contributed by atoms with Crippen LogP contribution in [0.25, 0.3) is 0 Å². The van der Waals surface area contributed by atoms with Crippen LogP contribution in [0, 0.1) is 5.92 Å². The van der Waals surface area contributed by atoms with Crippen molar-refractivity contribution in [3.05, 3.63) is 22.6 Å². The van der Waals surface area contributed by atoms with Crippen LogP contribution >= 0.6 is 15.9 Å². The number of halogens is 1. The zero-order valence-electron chi connectivity index (χ0n) is 7.63. The minimum Gasteiger partial charge on any atom is -0.457 e. The summed E-state index contributed by atoms with van der Waals surface area (Å²) < 4.78 is 5.43. The first kappa shape index (κ1) is 10.3. The van der Waals surface area contributed by atoms with E-state index in [9.17, 15) is 4.79 Å². The van der Waals surface area contributed by atoms with Crippen molar-refractivity contribution >= 4 is 21.8 Å². The van der Waals surface area contributed by atoms with Crippen molar-refractivity contribution in [1.29, 1.82) is 0 Å². The van der Waals surface area contributed by atoms with Crippen LogP contribution in [0.2, 0.25) is 0 Å². The number of amides is 1. The van der Waals surface area contributed by atoms with Gasteiger partial charge in [0.25, 0.3) is 5.91 Å². The summed E-state index contributed by atoms with van der Waals surface area (Å²) in [6, 6.07) is 1.64. The van der Waals surface area contributed by atoms with E-state index in [0.717, 1.165) is 0 Å². The first-order chi connectivity index (χ1) is 6.11. The molecule has 1 rings (SSSR count). The summed E-state index contributed by atoms with van der Waals surface area (Å²) in [4.78, 5) is 11.4. The third-order valence-electron chi connectivity index (χ3n) is 1.53. The lowest BCUT2D eigenvalue weighted by Crippen LogP contribution is -2.27. The van der Waals surface area contributed by atoms with Crippen LogP contribution in [0.5, 0.6) is 0 Å². The molecule has 0 aliphatic carbocycles. The van der Waals surface area contributed by atoms with Gasteiger partial charge in [-0.25, -0.2) is 0 Å². The van der Waals surface area contributed by atoms with Gasteiger partial charge in [-0.05, 0) is 27.9 Å². The third-order valence-corrected chi connectivity index (χ3v) is 2.15. The van der Waals surface area contributed by atoms with E-state index < -0.39 is 0 Å². The second-order valence-corrected chi connectivity index (χ2v) is 3.93. The molecule has 3 nitrogen and oxygen atoms in total. The highest BCUT2D eigenvalue weighted by molar-refractivity contribution is 9.10. The first-order valence-electron chi connectivity index (χ1n) is 4.12. The standard InChI is InChI=1S/C9H12BrNO2/c1-6(2)5-11-9(12)7-3-4-13-8(7)10/h3-4,6H,5H2,1-2H3,(H,11,12). The lowest BCUT2D eigenvalue weighted by atomic mass is 10.2. The van der Waals surface area contributed by atoms with Crippen LogP contribution < -0.4 is 5.32 Å². The van der Waals surface area contributed by atoms with Crippen molar-refractivity contribution < 1.29 is 9.21 Å². The Morgan fingerprint density at radius 2 is 2.38 bits per heavy atom. The SMILES string of the molecule is CC(C)CNC(=O)c1ccoc1Br. The second-order valence-electron chi connectivity index (χ2n) is 3.21. The number of furan rings is 1. The Balaban J connectivity index is 2.54. The molecule has 1 aromatic rings. The zero-order chi connectivity index (χ0) is 9.84. The van der Waals surface area contributed by atoms with Gasteiger partial charge < -0.3 is 9.73 Å². The van der Waals surface area contributed by atoms with Crippen molar-refractivity contribution in [2.45, 2.75) is 13.8 Å². The highest BCUT2D eigenvalue weighted by atomic mass is 79.9. The van der Waals surface area contributed by atoms with Gasteiger partial charge in [-0.1, -0.05) is 13.8 Å². The Hall–Kier alpha value is -0.770. The number of carbonyl (C=O) groups excluding carboxylic acids is 1. The molecule has 0 spiro atoms. The Labute approximate surface area is 85.6 Å². The van der Waals surface area contributed by atoms with Gasteiger partial charge in [0.1, 0.15) is 0 Å². The number of carbonyl (C=O) groups is 1. The maximum absolute atomic E-state index is 11.4. The highest BCUT2D eigenvalue weighted by Gasteiger charge is 2.11. The summed E-state index contributed by atoms with van der Waals surface area (Å²) in [5.41, 5.74) is 0.542. The molecule has 0 radical (unpaired) electrons. The van der Waals surface area contributed by atoms with E-state index in [0.29, 0.717) is 22.7 Å². The van der Waals surface area contributed by atoms with Gasteiger partial charge in [-0.15, -0.1) is 0 Å². The molecular weight excluding hydrogens is 234 g/mol. The lowest BCUT2D eigenvalue weighted by Gasteiger charge is -2.05. The fourth-order valence-electron chi connectivity index (χ4n) is 0.848. The summed E-state index contributed by atoms with van der Waals surface area (Å²) >= 11 is 3.15. The van der Waals surface area contributed by atoms with Crippen molar-refractivity contribution in [2.24, 2.45) is 5.92 Å². The van der Waals surface area contributed by atoms with Crippen LogP contribution in [0.15, 0.2) is 21.4 Å². The van der Waals surface area contributed by atoms with Gasteiger partial charge in [0, 0.05) is 6.54 Å². The summed E-state index contributed by atoms with van der Waals surface area (Å²) in [6.07, 6.45) is 1.48. The Bertz CT molecular complexity index is 294. The van der Waals surface area contributed by atoms with Crippen molar-refractivity contribution in [1.82, 2.24) is 5.32 Å². The molecular formula is C9H12BrNO2. The van der Waals surface area contributed by atoms with Crippen molar-refractivity contribution in [3.8, 4) is 0 Å². The van der Waals surface area contributed by atoms with E-state index in [2.05, 4.69) is 21.2 Å². The number of hydrogen-bond donors (Lipinski definition) is 1. The average Bonchev–Trinajstić information content (AvgIpc) is 2.47. The molecule has 4 heteroatoms. The van der Waals surface area contributed by atoms with Crippen molar-refractivity contribution in [2.75, 3.05) is 6.54 Å². The normalized spacial score (nSPS) is 10.5. The molecule has 0 aliphatic rings. The quantitative estimate of drug-likeness (QED) is 0.889. The molecule has 1 aromatic heterocycles. The Morgan fingerprint density at radius 1 is 1.69 bits per heavy atom. The molecule has 0 fully saturated rings. The van der Waals surface area contributed by atoms with E-state index in [-0.39, 0.29) is 5.91 Å². The first-order valence-corrected chi connectivity index (χ1v) is 4.91. The fraction of sp³-hybridized carbons (Fsp3) is 0.444. The maximum atomic E-state index is 11.4. The van der Waals surface area contributed by atoms with E-state index >= 15 is 0 Å². The highest BCUT2D eigenvalue weighted by Crippen LogP contribution is 2.16. The predicted molar refractivity (Wildman–Crippen MR) is 53.6 cm³/mol. The zero-order valence-corrected chi connectivity index (χ0v) is 9.22. The summed E-state index contributed by atoms with van der Waals surface area (Å²) in [7, 11) is 0. The van der Waals surface area contributed by atoms with Crippen LogP contribution in [-0.4, -0.2) is 12.5 Å². The van der Waals surface area contributed by atoms with E-state index in [1.165, 1.54) is 6.26 Å². The Kier molecular flexibility index (Phi) is 3.54. The minimum absolute atomic E-state index is 0.102. The van der Waals surface area contributed by atoms with E-state index in [4.69, 9.17) is 4.42 Å². The molecule has 0 aliphatic heterocycles. The molecule has 0 unspecified atom stereocenters. The molecule has 0 aromatic carbocycles. The molecule has 0 bridgehead atoms. The monoisotopic (exact) mass is 245 g/mol. The molecule has 72 valence electrons. The minimum atomic E-state index is -0.102. The topological polar surface area (TPSA) is 42.2 Å². The molecule has 1 amide bonds. The predicted octanol–water partition coefficient (Wildman–Crippen LogP) is 2.43. The lowest BCUT2D eigenvalue weighted by molar-refractivity contribution is 0.0947. The summed E-state index contributed by atoms with van der Waals surface area (Å²) in [6.45, 7) is 4.77. The van der Waals surface area contributed by atoms with E-state index in [1.54, 1.807) is 6.07 Å². The number of rotatable bonds is 3. The number of nitrogens with one attached hydrogen (secondary N) is 1. The van der Waals surface area contributed by atoms with Crippen LogP contribution in [-0.2, 0) is 0 Å². The molecule has 13 heavy (non-hydrogen) atoms. The van der Waals surface area contributed by atoms with Gasteiger partial charge in [0.15, 0.2) is 4.67 Å². The van der Waals surface area contributed by atoms with Crippen LogP contribution in [0.3, 0.4) is 0 Å². The molecule has 0 saturated carbocycles. The summed E-state index contributed by atoms with van der Waals surface area (Å²) in [5.74, 6) is 0.351. The summed E-state index contributed by atoms with van der Waals surface area (Å²) in [5, 5.41) is 2.80. The van der Waals surface area contributed by atoms with Gasteiger partial charge in [0.2, 0.25) is 0 Å². The largest absolute Gasteiger partial charge is 0.457 e. The molecule has 0 atom stereocenters. The van der Waals surface area contributed by atoms with Gasteiger partial charge in [-0.2, -0.15) is 0 Å². The van der Waals surface area contributed by atoms with Gasteiger partial charge in [0.05, 0.1) is 11.8 Å². The molecule has 0 saturated heterocycles. The average molecular weight is 246 g/mol. The smallest absolute Gasteiger partial charge is 0.255 e. The fourth-order valence-corrected chi connectivity index (χ4v) is 1.27. The molecule has 1 heterocycles. The van der Waals surface area contributed by atoms with Gasteiger partial charge in [-0.3, -0.25) is 4.79 Å². The Morgan fingerprint density at radius 3 is 2.85 bits per heavy atom. The number of hydrogen-bond acceptors (Lipinski definition) is 2. The molecule has 1 N–H and O–H groups in total. The second kappa shape index (κ2) is 4.46. The third kappa shape index (κ3) is 2.88. The van der Waals surface area contributed by atoms with E-state index in [1.807, 2.05) is 13.8 Å².